The van der Waals surface area contributed by atoms with Gasteiger partial charge in [0.25, 0.3) is 0 Å². The van der Waals surface area contributed by atoms with E-state index in [4.69, 9.17) is 19.1 Å². The Hall–Kier alpha value is -2.37. The lowest BCUT2D eigenvalue weighted by Crippen LogP contribution is -2.29. The topological polar surface area (TPSA) is 169 Å². The van der Waals surface area contributed by atoms with Crippen molar-refractivity contribution in [1.29, 1.82) is 0 Å². The quantitative estimate of drug-likeness (QED) is 0.0152. The minimum Gasteiger partial charge on any atom is -0.462 e. The van der Waals surface area contributed by atoms with E-state index in [9.17, 15) is 29.3 Å². The van der Waals surface area contributed by atoms with E-state index < -0.39 is 51.8 Å². The first kappa shape index (κ1) is 55.6. The highest BCUT2D eigenvalue weighted by molar-refractivity contribution is 7.47. The SMILES string of the molecule is CC[C@H](O)/C=C/C=C\C/C=C\C/C=C\C/C=C\CCCC(=O)OC[C@H](COP(=O)(O)OC[C@@H](O)CO)OC(=O)CCCCCCCCCCCCCCCCC(C)C. The van der Waals surface area contributed by atoms with Gasteiger partial charge in [-0.3, -0.25) is 18.6 Å². The summed E-state index contributed by atoms with van der Waals surface area (Å²) in [6.45, 7) is 4.31. The summed E-state index contributed by atoms with van der Waals surface area (Å²) < 4.78 is 32.7. The Kier molecular flexibility index (Phi) is 38.4. The van der Waals surface area contributed by atoms with Crippen molar-refractivity contribution in [3.63, 3.8) is 0 Å². The second-order valence-electron chi connectivity index (χ2n) is 15.4. The number of aliphatic hydroxyl groups excluding tert-OH is 3. The third kappa shape index (κ3) is 40.4. The first-order chi connectivity index (χ1) is 28.0. The van der Waals surface area contributed by atoms with Crippen LogP contribution in [0, 0.1) is 5.92 Å². The molecule has 0 aromatic heterocycles. The number of ether oxygens (including phenoxy) is 2. The van der Waals surface area contributed by atoms with E-state index >= 15 is 0 Å². The van der Waals surface area contributed by atoms with Crippen LogP contribution in [0.15, 0.2) is 60.8 Å². The number of unbranched alkanes of at least 4 members (excludes halogenated alkanes) is 14. The summed E-state index contributed by atoms with van der Waals surface area (Å²) in [5.74, 6) is -0.197. The van der Waals surface area contributed by atoms with E-state index in [0.29, 0.717) is 25.7 Å². The normalized spacial score (nSPS) is 15.0. The molecule has 0 aliphatic rings. The third-order valence-electron chi connectivity index (χ3n) is 9.27. The monoisotopic (exact) mass is 841 g/mol. The standard InChI is InChI=1S/C46H81O11P/c1-4-42(48)34-30-26-22-18-14-10-6-8-11-15-19-23-27-31-35-45(50)54-39-44(40-56-58(52,53)55-38-43(49)37-47)57-46(51)36-32-28-24-20-16-12-7-5-9-13-17-21-25-29-33-41(2)3/h8,10-11,14,19,22-23,26,30,34,41-44,47-49H,4-7,9,12-13,15-18,20-21,24-25,27-29,31-33,35-40H2,1-3H3,(H,52,53)/b11-8-,14-10-,23-19-,26-22-,34-30+/t42-,43-,44+/m0/s1. The highest BCUT2D eigenvalue weighted by atomic mass is 31.2. The number of phosphoric acid groups is 1. The van der Waals surface area contributed by atoms with Crippen molar-refractivity contribution in [2.75, 3.05) is 26.4 Å². The Bertz CT molecular complexity index is 1180. The smallest absolute Gasteiger partial charge is 0.462 e. The van der Waals surface area contributed by atoms with Crippen LogP contribution < -0.4 is 0 Å². The predicted molar refractivity (Wildman–Crippen MR) is 234 cm³/mol. The zero-order chi connectivity index (χ0) is 43.0. The van der Waals surface area contributed by atoms with E-state index in [-0.39, 0.29) is 25.6 Å². The largest absolute Gasteiger partial charge is 0.472 e. The number of carbonyl (C=O) groups is 2. The lowest BCUT2D eigenvalue weighted by molar-refractivity contribution is -0.161. The van der Waals surface area contributed by atoms with E-state index in [2.05, 4.69) is 42.7 Å². The number of aliphatic hydroxyl groups is 3. The van der Waals surface area contributed by atoms with Crippen molar-refractivity contribution in [3.05, 3.63) is 60.8 Å². The number of allylic oxidation sites excluding steroid dienone is 9. The summed E-state index contributed by atoms with van der Waals surface area (Å²) in [7, 11) is -4.64. The Labute approximate surface area is 351 Å². The van der Waals surface area contributed by atoms with Gasteiger partial charge in [0.1, 0.15) is 12.7 Å². The number of rotatable bonds is 40. The highest BCUT2D eigenvalue weighted by Gasteiger charge is 2.27. The fourth-order valence-corrected chi connectivity index (χ4v) is 6.48. The number of hydrogen-bond donors (Lipinski definition) is 4. The lowest BCUT2D eigenvalue weighted by Gasteiger charge is -2.20. The van der Waals surface area contributed by atoms with Gasteiger partial charge >= 0.3 is 19.8 Å². The Morgan fingerprint density at radius 1 is 0.621 bits per heavy atom. The van der Waals surface area contributed by atoms with Crippen LogP contribution in [0.5, 0.6) is 0 Å². The summed E-state index contributed by atoms with van der Waals surface area (Å²) in [5.41, 5.74) is 0. The van der Waals surface area contributed by atoms with Gasteiger partial charge in [0.2, 0.25) is 0 Å². The Morgan fingerprint density at radius 3 is 1.67 bits per heavy atom. The number of carbonyl (C=O) groups excluding carboxylic acids is 2. The average molecular weight is 841 g/mol. The van der Waals surface area contributed by atoms with E-state index in [0.717, 1.165) is 44.4 Å². The van der Waals surface area contributed by atoms with E-state index in [1.165, 1.54) is 70.6 Å². The molecule has 1 unspecified atom stereocenters. The molecular weight excluding hydrogens is 759 g/mol. The molecule has 0 bridgehead atoms. The summed E-state index contributed by atoms with van der Waals surface area (Å²) in [6.07, 6.45) is 40.0. The molecule has 0 saturated carbocycles. The van der Waals surface area contributed by atoms with Crippen LogP contribution >= 0.6 is 7.82 Å². The second-order valence-corrected chi connectivity index (χ2v) is 16.8. The van der Waals surface area contributed by atoms with Crippen LogP contribution in [0.2, 0.25) is 0 Å². The molecule has 4 atom stereocenters. The molecule has 0 spiro atoms. The zero-order valence-electron chi connectivity index (χ0n) is 36.3. The third-order valence-corrected chi connectivity index (χ3v) is 10.2. The maximum Gasteiger partial charge on any atom is 0.472 e. The van der Waals surface area contributed by atoms with Crippen LogP contribution in [0.3, 0.4) is 0 Å². The van der Waals surface area contributed by atoms with Gasteiger partial charge in [0, 0.05) is 12.8 Å². The predicted octanol–water partition coefficient (Wildman–Crippen LogP) is 10.7. The van der Waals surface area contributed by atoms with Crippen LogP contribution in [0.1, 0.15) is 168 Å². The van der Waals surface area contributed by atoms with Gasteiger partial charge in [-0.15, -0.1) is 0 Å². The van der Waals surface area contributed by atoms with Crippen LogP contribution in [0.4, 0.5) is 0 Å². The molecule has 4 N–H and O–H groups in total. The van der Waals surface area contributed by atoms with Gasteiger partial charge in [0.15, 0.2) is 6.10 Å². The summed E-state index contributed by atoms with van der Waals surface area (Å²) >= 11 is 0. The highest BCUT2D eigenvalue weighted by Crippen LogP contribution is 2.43. The number of esters is 2. The van der Waals surface area contributed by atoms with Crippen molar-refractivity contribution in [2.24, 2.45) is 5.92 Å². The molecule has 0 amide bonds. The molecule has 0 aliphatic heterocycles. The average Bonchev–Trinajstić information content (AvgIpc) is 3.20. The molecule has 0 heterocycles. The first-order valence-electron chi connectivity index (χ1n) is 22.2. The molecule has 0 aromatic rings. The fraction of sp³-hybridized carbons (Fsp3) is 0.739. The summed E-state index contributed by atoms with van der Waals surface area (Å²) in [5, 5.41) is 27.8. The Balaban J connectivity index is 4.38. The van der Waals surface area contributed by atoms with Crippen LogP contribution in [0.25, 0.3) is 0 Å². The van der Waals surface area contributed by atoms with Crippen LogP contribution in [-0.4, -0.2) is 76.9 Å². The van der Waals surface area contributed by atoms with Crippen molar-refractivity contribution in [1.82, 2.24) is 0 Å². The van der Waals surface area contributed by atoms with Crippen molar-refractivity contribution in [3.8, 4) is 0 Å². The molecule has 0 fully saturated rings. The van der Waals surface area contributed by atoms with Gasteiger partial charge < -0.3 is 29.7 Å². The molecule has 0 aliphatic carbocycles. The molecular formula is C46H81O11P. The summed E-state index contributed by atoms with van der Waals surface area (Å²) in [6, 6.07) is 0. The molecule has 336 valence electrons. The van der Waals surface area contributed by atoms with Gasteiger partial charge in [-0.25, -0.2) is 4.57 Å². The van der Waals surface area contributed by atoms with Gasteiger partial charge in [0.05, 0.1) is 25.9 Å². The minimum atomic E-state index is -4.64. The first-order valence-corrected chi connectivity index (χ1v) is 23.7. The lowest BCUT2D eigenvalue weighted by atomic mass is 10.0. The molecule has 12 heteroatoms. The van der Waals surface area contributed by atoms with Crippen LogP contribution in [-0.2, 0) is 32.7 Å². The molecule has 0 saturated heterocycles. The molecule has 0 aromatic carbocycles. The van der Waals surface area contributed by atoms with Crippen molar-refractivity contribution in [2.45, 2.75) is 187 Å². The fourth-order valence-electron chi connectivity index (χ4n) is 5.69. The molecule has 11 nitrogen and oxygen atoms in total. The van der Waals surface area contributed by atoms with Gasteiger partial charge in [-0.05, 0) is 50.9 Å². The molecule has 0 radical (unpaired) electrons. The van der Waals surface area contributed by atoms with Gasteiger partial charge in [-0.1, -0.05) is 171 Å². The minimum absolute atomic E-state index is 0.148. The Morgan fingerprint density at radius 2 is 1.12 bits per heavy atom. The van der Waals surface area contributed by atoms with E-state index in [1.807, 2.05) is 37.3 Å². The molecule has 0 rings (SSSR count). The number of hydrogen-bond acceptors (Lipinski definition) is 10. The van der Waals surface area contributed by atoms with Gasteiger partial charge in [-0.2, -0.15) is 0 Å². The van der Waals surface area contributed by atoms with Crippen molar-refractivity contribution < 1.29 is 52.9 Å². The maximum atomic E-state index is 12.6. The maximum absolute atomic E-state index is 12.6. The number of phosphoric ester groups is 1. The van der Waals surface area contributed by atoms with Crippen molar-refractivity contribution >= 4 is 19.8 Å². The summed E-state index contributed by atoms with van der Waals surface area (Å²) in [4.78, 5) is 35.0. The molecule has 58 heavy (non-hydrogen) atoms. The zero-order valence-corrected chi connectivity index (χ0v) is 37.2. The second kappa shape index (κ2) is 40.1. The van der Waals surface area contributed by atoms with E-state index in [1.54, 1.807) is 6.08 Å².